The van der Waals surface area contributed by atoms with Gasteiger partial charge in [-0.25, -0.2) is 0 Å². The van der Waals surface area contributed by atoms with Crippen LogP contribution < -0.4 is 5.32 Å². The fourth-order valence-corrected chi connectivity index (χ4v) is 2.82. The van der Waals surface area contributed by atoms with Crippen LogP contribution in [0, 0.1) is 29.1 Å². The van der Waals surface area contributed by atoms with Crippen LogP contribution >= 0.6 is 0 Å². The molecule has 0 aromatic rings. The molecular weight excluding hydrogens is 164 g/mol. The van der Waals surface area contributed by atoms with Gasteiger partial charge in [0.1, 0.15) is 6.54 Å². The predicted octanol–water partition coefficient (Wildman–Crippen LogP) is 1.06. The zero-order valence-electron chi connectivity index (χ0n) is 7.62. The Morgan fingerprint density at radius 1 is 1.46 bits per heavy atom. The van der Waals surface area contributed by atoms with Crippen molar-refractivity contribution in [2.24, 2.45) is 17.8 Å². The maximum Gasteiger partial charge on any atom is 0.224 e. The minimum absolute atomic E-state index is 0.105. The lowest BCUT2D eigenvalue weighted by Crippen LogP contribution is -2.33. The second kappa shape index (κ2) is 3.37. The van der Waals surface area contributed by atoms with E-state index in [4.69, 9.17) is 5.26 Å². The predicted molar refractivity (Wildman–Crippen MR) is 47.6 cm³/mol. The largest absolute Gasteiger partial charge is 0.343 e. The average Bonchev–Trinajstić information content (AvgIpc) is 2.74. The van der Waals surface area contributed by atoms with Gasteiger partial charge in [-0.05, 0) is 31.1 Å². The number of carbonyl (C=O) groups is 1. The summed E-state index contributed by atoms with van der Waals surface area (Å²) in [6.07, 6.45) is 4.83. The number of hydrogen-bond donors (Lipinski definition) is 1. The highest BCUT2D eigenvalue weighted by molar-refractivity contribution is 5.79. The van der Waals surface area contributed by atoms with Crippen molar-refractivity contribution in [3.63, 3.8) is 0 Å². The van der Waals surface area contributed by atoms with E-state index in [0.717, 1.165) is 12.3 Å². The summed E-state index contributed by atoms with van der Waals surface area (Å²) in [4.78, 5) is 11.5. The van der Waals surface area contributed by atoms with Gasteiger partial charge in [-0.3, -0.25) is 4.79 Å². The minimum Gasteiger partial charge on any atom is -0.343 e. The number of hydrogen-bond acceptors (Lipinski definition) is 2. The van der Waals surface area contributed by atoms with Gasteiger partial charge < -0.3 is 5.32 Å². The van der Waals surface area contributed by atoms with E-state index in [1.54, 1.807) is 0 Å². The van der Waals surface area contributed by atoms with Crippen molar-refractivity contribution >= 4 is 5.91 Å². The number of rotatable bonds is 2. The van der Waals surface area contributed by atoms with Crippen molar-refractivity contribution in [3.8, 4) is 6.07 Å². The molecule has 0 spiro atoms. The maximum absolute atomic E-state index is 11.5. The van der Waals surface area contributed by atoms with Crippen molar-refractivity contribution in [1.82, 2.24) is 5.32 Å². The van der Waals surface area contributed by atoms with Crippen LogP contribution in [-0.2, 0) is 4.79 Å². The molecule has 1 amide bonds. The van der Waals surface area contributed by atoms with Crippen LogP contribution in [0.1, 0.15) is 25.7 Å². The van der Waals surface area contributed by atoms with Gasteiger partial charge in [0.2, 0.25) is 5.91 Å². The summed E-state index contributed by atoms with van der Waals surface area (Å²) in [6, 6.07) is 1.93. The van der Waals surface area contributed by atoms with Crippen LogP contribution in [0.5, 0.6) is 0 Å². The van der Waals surface area contributed by atoms with Crippen molar-refractivity contribution in [2.45, 2.75) is 25.7 Å². The van der Waals surface area contributed by atoms with Gasteiger partial charge in [-0.2, -0.15) is 5.26 Å². The first-order chi connectivity index (χ1) is 6.31. The van der Waals surface area contributed by atoms with E-state index in [1.807, 2.05) is 6.07 Å². The summed E-state index contributed by atoms with van der Waals surface area (Å²) >= 11 is 0. The fourth-order valence-electron chi connectivity index (χ4n) is 2.82. The third-order valence-electron chi connectivity index (χ3n) is 3.42. The van der Waals surface area contributed by atoms with Gasteiger partial charge >= 0.3 is 0 Å². The molecule has 3 nitrogen and oxygen atoms in total. The van der Waals surface area contributed by atoms with E-state index in [9.17, 15) is 4.79 Å². The normalized spacial score (nSPS) is 35.8. The first-order valence-corrected chi connectivity index (χ1v) is 4.96. The highest BCUT2D eigenvalue weighted by Gasteiger charge is 2.42. The molecule has 3 atom stereocenters. The molecule has 0 heterocycles. The number of amides is 1. The summed E-state index contributed by atoms with van der Waals surface area (Å²) in [5.41, 5.74) is 0. The molecule has 3 heteroatoms. The van der Waals surface area contributed by atoms with E-state index < -0.39 is 0 Å². The molecule has 0 aliphatic heterocycles. The Bertz CT molecular complexity index is 256. The molecule has 1 N–H and O–H groups in total. The minimum atomic E-state index is 0.105. The monoisotopic (exact) mass is 178 g/mol. The molecule has 2 aliphatic carbocycles. The lowest BCUT2D eigenvalue weighted by molar-refractivity contribution is -0.126. The molecular formula is C10H14N2O. The molecule has 2 aliphatic rings. The Morgan fingerprint density at radius 3 is 2.85 bits per heavy atom. The molecule has 2 bridgehead atoms. The van der Waals surface area contributed by atoms with E-state index >= 15 is 0 Å². The van der Waals surface area contributed by atoms with Gasteiger partial charge in [-0.15, -0.1) is 0 Å². The van der Waals surface area contributed by atoms with Gasteiger partial charge in [0.15, 0.2) is 0 Å². The zero-order valence-corrected chi connectivity index (χ0v) is 7.62. The van der Waals surface area contributed by atoms with Gasteiger partial charge in [0.05, 0.1) is 6.07 Å². The van der Waals surface area contributed by atoms with Gasteiger partial charge in [-0.1, -0.05) is 6.42 Å². The Kier molecular flexibility index (Phi) is 2.22. The van der Waals surface area contributed by atoms with E-state index in [0.29, 0.717) is 5.92 Å². The van der Waals surface area contributed by atoms with Crippen molar-refractivity contribution in [1.29, 1.82) is 5.26 Å². The molecule has 0 saturated heterocycles. The smallest absolute Gasteiger partial charge is 0.224 e. The standard InChI is InChI=1S/C10H14N2O/c11-3-4-12-10(13)9-6-7-1-2-8(9)5-7/h7-9H,1-2,4-6H2,(H,12,13). The Hall–Kier alpha value is -1.04. The van der Waals surface area contributed by atoms with E-state index in [-0.39, 0.29) is 18.4 Å². The number of fused-ring (bicyclic) bond motifs is 2. The maximum atomic E-state index is 11.5. The van der Waals surface area contributed by atoms with Crippen LogP contribution in [0.2, 0.25) is 0 Å². The number of carbonyl (C=O) groups excluding carboxylic acids is 1. The van der Waals surface area contributed by atoms with Crippen LogP contribution in [0.3, 0.4) is 0 Å². The van der Waals surface area contributed by atoms with Crippen LogP contribution in [0.25, 0.3) is 0 Å². The van der Waals surface area contributed by atoms with Crippen LogP contribution in [-0.4, -0.2) is 12.5 Å². The number of nitrogens with zero attached hydrogens (tertiary/aromatic N) is 1. The number of nitrogens with one attached hydrogen (secondary N) is 1. The lowest BCUT2D eigenvalue weighted by Gasteiger charge is -2.19. The molecule has 3 unspecified atom stereocenters. The average molecular weight is 178 g/mol. The highest BCUT2D eigenvalue weighted by Crippen LogP contribution is 2.48. The lowest BCUT2D eigenvalue weighted by atomic mass is 9.88. The molecule has 2 saturated carbocycles. The van der Waals surface area contributed by atoms with E-state index in [1.165, 1.54) is 19.3 Å². The molecule has 2 fully saturated rings. The topological polar surface area (TPSA) is 52.9 Å². The summed E-state index contributed by atoms with van der Waals surface area (Å²) in [5, 5.41) is 11.0. The second-order valence-corrected chi connectivity index (χ2v) is 4.16. The molecule has 0 aromatic heterocycles. The SMILES string of the molecule is N#CCNC(=O)C1CC2CCC1C2. The quantitative estimate of drug-likeness (QED) is 0.643. The zero-order chi connectivity index (χ0) is 9.26. The Balaban J connectivity index is 1.88. The summed E-state index contributed by atoms with van der Waals surface area (Å²) in [5.74, 6) is 1.73. The summed E-state index contributed by atoms with van der Waals surface area (Å²) < 4.78 is 0. The van der Waals surface area contributed by atoms with Crippen molar-refractivity contribution < 1.29 is 4.79 Å². The molecule has 0 aromatic carbocycles. The molecule has 70 valence electrons. The first kappa shape index (κ1) is 8.55. The summed E-state index contributed by atoms with van der Waals surface area (Å²) in [7, 11) is 0. The fraction of sp³-hybridized carbons (Fsp3) is 0.800. The van der Waals surface area contributed by atoms with Crippen molar-refractivity contribution in [3.05, 3.63) is 0 Å². The summed E-state index contributed by atoms with van der Waals surface area (Å²) in [6.45, 7) is 0.159. The van der Waals surface area contributed by atoms with Crippen LogP contribution in [0.4, 0.5) is 0 Å². The first-order valence-electron chi connectivity index (χ1n) is 4.96. The van der Waals surface area contributed by atoms with Gasteiger partial charge in [0, 0.05) is 5.92 Å². The molecule has 0 radical (unpaired) electrons. The van der Waals surface area contributed by atoms with Crippen LogP contribution in [0.15, 0.2) is 0 Å². The molecule has 13 heavy (non-hydrogen) atoms. The second-order valence-electron chi connectivity index (χ2n) is 4.16. The highest BCUT2D eigenvalue weighted by atomic mass is 16.1. The Labute approximate surface area is 78.1 Å². The molecule has 2 rings (SSSR count). The van der Waals surface area contributed by atoms with E-state index in [2.05, 4.69) is 5.32 Å². The van der Waals surface area contributed by atoms with Crippen molar-refractivity contribution in [2.75, 3.05) is 6.54 Å². The Morgan fingerprint density at radius 2 is 2.31 bits per heavy atom. The third kappa shape index (κ3) is 1.53. The number of nitriles is 1. The van der Waals surface area contributed by atoms with Gasteiger partial charge in [0.25, 0.3) is 0 Å². The third-order valence-corrected chi connectivity index (χ3v) is 3.42.